The van der Waals surface area contributed by atoms with E-state index >= 15 is 0 Å². The Morgan fingerprint density at radius 2 is 1.89 bits per heavy atom. The number of carbonyl (C=O) groups is 1. The van der Waals surface area contributed by atoms with E-state index in [4.69, 9.17) is 21.1 Å². The molecule has 0 aliphatic carbocycles. The molecule has 0 atom stereocenters. The van der Waals surface area contributed by atoms with Crippen molar-refractivity contribution in [2.75, 3.05) is 43.9 Å². The normalized spacial score (nSPS) is 15.6. The molecule has 0 saturated carbocycles. The second kappa shape index (κ2) is 15.2. The molecule has 47 heavy (non-hydrogen) atoms. The first kappa shape index (κ1) is 32.8. The van der Waals surface area contributed by atoms with Crippen LogP contribution in [0.25, 0.3) is 10.9 Å². The van der Waals surface area contributed by atoms with Gasteiger partial charge in [-0.1, -0.05) is 45.2 Å². The van der Waals surface area contributed by atoms with Crippen molar-refractivity contribution in [2.45, 2.75) is 38.4 Å². The van der Waals surface area contributed by atoms with Crippen LogP contribution in [0, 0.1) is 11.3 Å². The van der Waals surface area contributed by atoms with E-state index in [0.717, 1.165) is 67.5 Å². The van der Waals surface area contributed by atoms with Crippen molar-refractivity contribution < 1.29 is 14.3 Å². The zero-order valence-electron chi connectivity index (χ0n) is 26.1. The summed E-state index contributed by atoms with van der Waals surface area (Å²) < 4.78 is 13.5. The van der Waals surface area contributed by atoms with Crippen molar-refractivity contribution in [1.29, 1.82) is 5.26 Å². The monoisotopic (exact) mass is 714 g/mol. The number of benzene rings is 3. The first-order valence-electron chi connectivity index (χ1n) is 15.7. The number of anilines is 3. The molecule has 11 heteroatoms. The minimum absolute atomic E-state index is 0.0182. The third-order valence-electron chi connectivity index (χ3n) is 8.40. The molecule has 3 N–H and O–H groups in total. The molecule has 4 aromatic rings. The Kier molecular flexibility index (Phi) is 10.6. The van der Waals surface area contributed by atoms with Crippen LogP contribution in [0.5, 0.6) is 11.5 Å². The molecule has 2 fully saturated rings. The summed E-state index contributed by atoms with van der Waals surface area (Å²) in [6.45, 7) is 3.97. The highest BCUT2D eigenvalue weighted by molar-refractivity contribution is 9.10. The number of carbonyl (C=O) groups excluding carboxylic acids is 1. The van der Waals surface area contributed by atoms with Crippen LogP contribution in [-0.2, 0) is 11.4 Å². The zero-order valence-corrected chi connectivity index (χ0v) is 28.5. The van der Waals surface area contributed by atoms with Gasteiger partial charge < -0.3 is 30.3 Å². The van der Waals surface area contributed by atoms with E-state index in [2.05, 4.69) is 54.9 Å². The fourth-order valence-corrected chi connectivity index (χ4v) is 6.24. The average molecular weight is 716 g/mol. The number of hydrogen-bond acceptors (Lipinski definition) is 8. The molecule has 0 spiro atoms. The third-order valence-corrected chi connectivity index (χ3v) is 9.22. The lowest BCUT2D eigenvalue weighted by molar-refractivity contribution is -0.112. The minimum Gasteiger partial charge on any atom is -0.488 e. The van der Waals surface area contributed by atoms with Crippen LogP contribution < -0.4 is 25.4 Å². The third kappa shape index (κ3) is 8.42. The van der Waals surface area contributed by atoms with Gasteiger partial charge in [0.1, 0.15) is 30.3 Å². The van der Waals surface area contributed by atoms with E-state index in [1.807, 2.05) is 42.5 Å². The topological polar surface area (TPSA) is 112 Å². The zero-order chi connectivity index (χ0) is 32.8. The maximum absolute atomic E-state index is 13.2. The van der Waals surface area contributed by atoms with E-state index in [-0.39, 0.29) is 12.0 Å². The quantitative estimate of drug-likeness (QED) is 0.152. The molecular weight excluding hydrogens is 680 g/mol. The van der Waals surface area contributed by atoms with Crippen LogP contribution >= 0.6 is 27.5 Å². The Morgan fingerprint density at radius 1 is 1.13 bits per heavy atom. The molecular formula is C36H36BrClN6O3. The van der Waals surface area contributed by atoms with Gasteiger partial charge in [-0.2, -0.15) is 5.26 Å². The van der Waals surface area contributed by atoms with Crippen molar-refractivity contribution in [3.05, 3.63) is 93.1 Å². The minimum atomic E-state index is -0.209. The number of halogens is 2. The van der Waals surface area contributed by atoms with Gasteiger partial charge in [-0.15, -0.1) is 0 Å². The number of piperidine rings is 2. The van der Waals surface area contributed by atoms with E-state index < -0.39 is 0 Å². The number of nitriles is 1. The number of amides is 1. The Bertz CT molecular complexity index is 1830. The summed E-state index contributed by atoms with van der Waals surface area (Å²) in [6.07, 6.45) is 6.70. The lowest BCUT2D eigenvalue weighted by Gasteiger charge is -2.30. The number of rotatable bonds is 9. The van der Waals surface area contributed by atoms with Gasteiger partial charge in [0, 0.05) is 47.0 Å². The number of likely N-dealkylation sites (tertiary alicyclic amines) is 1. The van der Waals surface area contributed by atoms with E-state index in [9.17, 15) is 10.1 Å². The number of pyridine rings is 1. The summed E-state index contributed by atoms with van der Waals surface area (Å²) in [4.78, 5) is 20.1. The van der Waals surface area contributed by atoms with Gasteiger partial charge in [0.25, 0.3) is 0 Å². The smallest absolute Gasteiger partial charge is 0.248 e. The molecule has 6 rings (SSSR count). The maximum atomic E-state index is 13.2. The molecule has 1 aromatic heterocycles. The Morgan fingerprint density at radius 3 is 2.62 bits per heavy atom. The molecule has 0 bridgehead atoms. The lowest BCUT2D eigenvalue weighted by atomic mass is 10.0. The summed E-state index contributed by atoms with van der Waals surface area (Å²) in [5, 5.41) is 20.9. The number of nitrogens with one attached hydrogen (secondary N) is 3. The predicted molar refractivity (Wildman–Crippen MR) is 190 cm³/mol. The van der Waals surface area contributed by atoms with Gasteiger partial charge >= 0.3 is 0 Å². The number of nitrogens with zero attached hydrogens (tertiary/aromatic N) is 3. The van der Waals surface area contributed by atoms with Crippen LogP contribution in [0.15, 0.2) is 76.9 Å². The largest absolute Gasteiger partial charge is 0.488 e. The molecule has 2 aliphatic heterocycles. The molecule has 242 valence electrons. The number of hydrogen-bond donors (Lipinski definition) is 3. The summed E-state index contributed by atoms with van der Waals surface area (Å²) in [5.74, 6) is 0.894. The Balaban J connectivity index is 1.30. The molecule has 1 amide bonds. The van der Waals surface area contributed by atoms with Crippen molar-refractivity contribution in [2.24, 2.45) is 0 Å². The number of ether oxygens (including phenoxy) is 2. The Hall–Kier alpha value is -4.14. The van der Waals surface area contributed by atoms with Gasteiger partial charge in [0.2, 0.25) is 5.91 Å². The van der Waals surface area contributed by atoms with E-state index in [1.165, 1.54) is 0 Å². The second-order valence-corrected chi connectivity index (χ2v) is 13.2. The van der Waals surface area contributed by atoms with Gasteiger partial charge in [0.05, 0.1) is 27.5 Å². The fourth-order valence-electron chi connectivity index (χ4n) is 5.74. The highest BCUT2D eigenvalue weighted by Gasteiger charge is 2.22. The van der Waals surface area contributed by atoms with E-state index in [1.54, 1.807) is 24.4 Å². The first-order chi connectivity index (χ1) is 22.8. The van der Waals surface area contributed by atoms with Gasteiger partial charge in [-0.3, -0.25) is 9.78 Å². The van der Waals surface area contributed by atoms with Crippen LogP contribution in [0.2, 0.25) is 5.02 Å². The van der Waals surface area contributed by atoms with Crippen molar-refractivity contribution in [3.8, 4) is 17.6 Å². The summed E-state index contributed by atoms with van der Waals surface area (Å²) in [5.41, 5.74) is 4.85. The SMILES string of the molecule is CN1CCC(Oc2cc3ncc(C#N)c(Nc4ccc(OCc5ccc(Br)cc5)c(Cl)c4)c3cc2NC(=O)C=C2CCNCC2)CC1. The summed E-state index contributed by atoms with van der Waals surface area (Å²) in [7, 11) is 2.11. The van der Waals surface area contributed by atoms with Crippen molar-refractivity contribution in [3.63, 3.8) is 0 Å². The summed E-state index contributed by atoms with van der Waals surface area (Å²) >= 11 is 10.1. The molecule has 2 aliphatic rings. The maximum Gasteiger partial charge on any atom is 0.248 e. The molecule has 0 unspecified atom stereocenters. The average Bonchev–Trinajstić information content (AvgIpc) is 3.07. The molecule has 3 aromatic carbocycles. The van der Waals surface area contributed by atoms with Gasteiger partial charge in [-0.25, -0.2) is 0 Å². The highest BCUT2D eigenvalue weighted by atomic mass is 79.9. The van der Waals surface area contributed by atoms with Gasteiger partial charge in [0.15, 0.2) is 0 Å². The summed E-state index contributed by atoms with van der Waals surface area (Å²) in [6, 6.07) is 19.2. The predicted octanol–water partition coefficient (Wildman–Crippen LogP) is 7.57. The molecule has 3 heterocycles. The molecule has 0 radical (unpaired) electrons. The highest BCUT2D eigenvalue weighted by Crippen LogP contribution is 2.38. The van der Waals surface area contributed by atoms with Crippen molar-refractivity contribution in [1.82, 2.24) is 15.2 Å². The van der Waals surface area contributed by atoms with Crippen LogP contribution in [0.4, 0.5) is 17.1 Å². The second-order valence-electron chi connectivity index (χ2n) is 11.9. The van der Waals surface area contributed by atoms with Crippen LogP contribution in [0.3, 0.4) is 0 Å². The Labute approximate surface area is 288 Å². The number of aromatic nitrogens is 1. The lowest BCUT2D eigenvalue weighted by Crippen LogP contribution is -2.35. The fraction of sp³-hybridized carbons (Fsp3) is 0.306. The number of fused-ring (bicyclic) bond motifs is 1. The van der Waals surface area contributed by atoms with E-state index in [0.29, 0.717) is 56.7 Å². The standard InChI is InChI=1S/C36H36BrClN6O3/c1-44-14-10-28(11-15-44)47-34-19-31-29(18-32(34)43-35(45)16-23-8-12-40-13-9-23)36(25(20-39)21-41-31)42-27-6-7-33(30(38)17-27)46-22-24-2-4-26(37)5-3-24/h2-7,16-19,21,28,40H,8-15,22H2,1H3,(H,41,42)(H,43,45). The molecule has 9 nitrogen and oxygen atoms in total. The van der Waals surface area contributed by atoms with Crippen molar-refractivity contribution >= 4 is 61.4 Å². The first-order valence-corrected chi connectivity index (χ1v) is 16.9. The molecule has 2 saturated heterocycles. The van der Waals surface area contributed by atoms with Gasteiger partial charge in [-0.05, 0) is 87.8 Å². The van der Waals surface area contributed by atoms with Crippen LogP contribution in [-0.4, -0.2) is 55.1 Å². The van der Waals surface area contributed by atoms with Crippen LogP contribution in [0.1, 0.15) is 36.8 Å².